The molecule has 23 heavy (non-hydrogen) atoms. The molecule has 3 heteroatoms. The van der Waals surface area contributed by atoms with Crippen molar-refractivity contribution in [2.75, 3.05) is 11.9 Å². The van der Waals surface area contributed by atoms with Gasteiger partial charge in [-0.25, -0.2) is 0 Å². The zero-order chi connectivity index (χ0) is 16.2. The van der Waals surface area contributed by atoms with Gasteiger partial charge in [0, 0.05) is 18.8 Å². The highest BCUT2D eigenvalue weighted by atomic mass is 16.2. The molecule has 1 amide bonds. The van der Waals surface area contributed by atoms with Gasteiger partial charge in [0.15, 0.2) is 0 Å². The van der Waals surface area contributed by atoms with Crippen molar-refractivity contribution in [2.24, 2.45) is 0 Å². The van der Waals surface area contributed by atoms with E-state index >= 15 is 0 Å². The molecule has 3 nitrogen and oxygen atoms in total. The summed E-state index contributed by atoms with van der Waals surface area (Å²) in [4.78, 5) is 14.8. The maximum Gasteiger partial charge on any atom is 0.241 e. The van der Waals surface area contributed by atoms with Crippen molar-refractivity contribution in [1.82, 2.24) is 4.90 Å². The predicted octanol–water partition coefficient (Wildman–Crippen LogP) is 3.63. The summed E-state index contributed by atoms with van der Waals surface area (Å²) in [6.07, 6.45) is 2.02. The van der Waals surface area contributed by atoms with Crippen LogP contribution in [0.5, 0.6) is 0 Å². The van der Waals surface area contributed by atoms with E-state index in [1.165, 1.54) is 16.7 Å². The summed E-state index contributed by atoms with van der Waals surface area (Å²) in [7, 11) is 0. The van der Waals surface area contributed by atoms with Crippen molar-refractivity contribution in [3.05, 3.63) is 65.2 Å². The molecule has 0 saturated heterocycles. The molecule has 0 radical (unpaired) electrons. The molecule has 1 aliphatic rings. The summed E-state index contributed by atoms with van der Waals surface area (Å²) in [5, 5.41) is 3.03. The van der Waals surface area contributed by atoms with Crippen LogP contribution in [0.4, 0.5) is 5.69 Å². The van der Waals surface area contributed by atoms with Gasteiger partial charge in [-0.3, -0.25) is 9.69 Å². The average molecular weight is 308 g/mol. The lowest BCUT2D eigenvalue weighted by Crippen LogP contribution is -2.44. The second kappa shape index (κ2) is 6.97. The van der Waals surface area contributed by atoms with E-state index in [0.29, 0.717) is 0 Å². The molecule has 1 heterocycles. The molecule has 120 valence electrons. The van der Waals surface area contributed by atoms with E-state index in [4.69, 9.17) is 0 Å². The number of benzene rings is 2. The number of nitrogens with one attached hydrogen (secondary N) is 1. The molecule has 1 atom stereocenters. The van der Waals surface area contributed by atoms with Crippen LogP contribution in [-0.4, -0.2) is 23.4 Å². The number of hydrogen-bond donors (Lipinski definition) is 1. The third-order valence-electron chi connectivity index (χ3n) is 4.72. The minimum Gasteiger partial charge on any atom is -0.325 e. The lowest BCUT2D eigenvalue weighted by molar-refractivity contribution is -0.121. The van der Waals surface area contributed by atoms with E-state index < -0.39 is 0 Å². The zero-order valence-electron chi connectivity index (χ0n) is 13.9. The summed E-state index contributed by atoms with van der Waals surface area (Å²) in [6.45, 7) is 5.90. The highest BCUT2D eigenvalue weighted by Crippen LogP contribution is 2.21. The Balaban J connectivity index is 1.63. The van der Waals surface area contributed by atoms with E-state index in [0.717, 1.165) is 31.6 Å². The van der Waals surface area contributed by atoms with Crippen molar-refractivity contribution in [1.29, 1.82) is 0 Å². The normalized spacial score (nSPS) is 15.7. The Morgan fingerprint density at radius 1 is 1.13 bits per heavy atom. The summed E-state index contributed by atoms with van der Waals surface area (Å²) in [5.74, 6) is 0.0635. The first-order valence-corrected chi connectivity index (χ1v) is 8.38. The second-order valence-electron chi connectivity index (χ2n) is 6.20. The molecule has 0 aromatic heterocycles. The van der Waals surface area contributed by atoms with Crippen LogP contribution in [0, 0.1) is 0 Å². The Kier molecular flexibility index (Phi) is 4.77. The van der Waals surface area contributed by atoms with Gasteiger partial charge in [-0.2, -0.15) is 0 Å². The second-order valence-corrected chi connectivity index (χ2v) is 6.20. The minimum atomic E-state index is -0.130. The quantitative estimate of drug-likeness (QED) is 0.935. The fraction of sp³-hybridized carbons (Fsp3) is 0.350. The molecule has 0 bridgehead atoms. The van der Waals surface area contributed by atoms with Crippen LogP contribution in [0.3, 0.4) is 0 Å². The topological polar surface area (TPSA) is 32.3 Å². The molecule has 0 spiro atoms. The van der Waals surface area contributed by atoms with Gasteiger partial charge in [-0.15, -0.1) is 0 Å². The van der Waals surface area contributed by atoms with E-state index in [1.807, 2.05) is 19.1 Å². The van der Waals surface area contributed by atoms with Gasteiger partial charge < -0.3 is 5.32 Å². The third kappa shape index (κ3) is 3.62. The number of carbonyl (C=O) groups excluding carboxylic acids is 1. The summed E-state index contributed by atoms with van der Waals surface area (Å²) in [6, 6.07) is 16.5. The first kappa shape index (κ1) is 15.8. The van der Waals surface area contributed by atoms with Crippen LogP contribution in [0.2, 0.25) is 0 Å². The van der Waals surface area contributed by atoms with Gasteiger partial charge in [-0.05, 0) is 48.6 Å². The highest BCUT2D eigenvalue weighted by molar-refractivity contribution is 5.94. The molecular formula is C20H24N2O. The van der Waals surface area contributed by atoms with Crippen LogP contribution < -0.4 is 5.32 Å². The molecule has 0 saturated carbocycles. The number of amides is 1. The number of aryl methyl sites for hydroxylation is 1. The third-order valence-corrected chi connectivity index (χ3v) is 4.72. The first-order chi connectivity index (χ1) is 11.2. The molecule has 0 unspecified atom stereocenters. The zero-order valence-corrected chi connectivity index (χ0v) is 13.9. The fourth-order valence-corrected chi connectivity index (χ4v) is 3.08. The standard InChI is InChI=1S/C20H24N2O/c1-3-16-8-10-19(11-9-16)21-20(23)15(2)22-13-12-17-6-4-5-7-18(17)14-22/h4-11,15H,3,12-14H2,1-2H3,(H,21,23)/t15-/m1/s1. The molecular weight excluding hydrogens is 284 g/mol. The number of anilines is 1. The monoisotopic (exact) mass is 308 g/mol. The summed E-state index contributed by atoms with van der Waals surface area (Å²) < 4.78 is 0. The van der Waals surface area contributed by atoms with Crippen LogP contribution in [0.1, 0.15) is 30.5 Å². The van der Waals surface area contributed by atoms with E-state index in [1.54, 1.807) is 0 Å². The Bertz CT molecular complexity index is 678. The van der Waals surface area contributed by atoms with Gasteiger partial charge in [0.2, 0.25) is 5.91 Å². The average Bonchev–Trinajstić information content (AvgIpc) is 2.61. The number of carbonyl (C=O) groups is 1. The van der Waals surface area contributed by atoms with Gasteiger partial charge in [0.05, 0.1) is 6.04 Å². The van der Waals surface area contributed by atoms with Crippen molar-refractivity contribution in [3.63, 3.8) is 0 Å². The number of fused-ring (bicyclic) bond motifs is 1. The molecule has 3 rings (SSSR count). The van der Waals surface area contributed by atoms with Crippen LogP contribution >= 0.6 is 0 Å². The van der Waals surface area contributed by atoms with E-state index in [9.17, 15) is 4.79 Å². The molecule has 0 aliphatic carbocycles. The van der Waals surface area contributed by atoms with E-state index in [-0.39, 0.29) is 11.9 Å². The Morgan fingerprint density at radius 2 is 1.83 bits per heavy atom. The van der Waals surface area contributed by atoms with Crippen LogP contribution in [0.15, 0.2) is 48.5 Å². The number of nitrogens with zero attached hydrogens (tertiary/aromatic N) is 1. The molecule has 1 aliphatic heterocycles. The SMILES string of the molecule is CCc1ccc(NC(=O)[C@@H](C)N2CCc3ccccc3C2)cc1. The van der Waals surface area contributed by atoms with Crippen molar-refractivity contribution < 1.29 is 4.79 Å². The van der Waals surface area contributed by atoms with Crippen LogP contribution in [-0.2, 0) is 24.2 Å². The largest absolute Gasteiger partial charge is 0.325 e. The van der Waals surface area contributed by atoms with Crippen molar-refractivity contribution in [3.8, 4) is 0 Å². The lowest BCUT2D eigenvalue weighted by atomic mass is 9.99. The lowest BCUT2D eigenvalue weighted by Gasteiger charge is -2.32. The molecule has 2 aromatic rings. The van der Waals surface area contributed by atoms with Gasteiger partial charge in [-0.1, -0.05) is 43.3 Å². The maximum atomic E-state index is 12.5. The van der Waals surface area contributed by atoms with E-state index in [2.05, 4.69) is 53.5 Å². The van der Waals surface area contributed by atoms with Gasteiger partial charge >= 0.3 is 0 Å². The number of rotatable bonds is 4. The van der Waals surface area contributed by atoms with Crippen LogP contribution in [0.25, 0.3) is 0 Å². The van der Waals surface area contributed by atoms with Gasteiger partial charge in [0.25, 0.3) is 0 Å². The first-order valence-electron chi connectivity index (χ1n) is 8.38. The fourth-order valence-electron chi connectivity index (χ4n) is 3.08. The highest BCUT2D eigenvalue weighted by Gasteiger charge is 2.25. The smallest absolute Gasteiger partial charge is 0.241 e. The molecule has 2 aromatic carbocycles. The Hall–Kier alpha value is -2.13. The Labute approximate surface area is 138 Å². The predicted molar refractivity (Wildman–Crippen MR) is 94.5 cm³/mol. The summed E-state index contributed by atoms with van der Waals surface area (Å²) in [5.41, 5.74) is 4.90. The number of hydrogen-bond acceptors (Lipinski definition) is 2. The molecule has 1 N–H and O–H groups in total. The maximum absolute atomic E-state index is 12.5. The van der Waals surface area contributed by atoms with Crippen molar-refractivity contribution in [2.45, 2.75) is 39.3 Å². The van der Waals surface area contributed by atoms with Crippen molar-refractivity contribution >= 4 is 11.6 Å². The van der Waals surface area contributed by atoms with Gasteiger partial charge in [0.1, 0.15) is 0 Å². The minimum absolute atomic E-state index is 0.0635. The summed E-state index contributed by atoms with van der Waals surface area (Å²) >= 11 is 0. The Morgan fingerprint density at radius 3 is 2.52 bits per heavy atom. The molecule has 0 fully saturated rings.